The molecule has 1 aliphatic heterocycles. The number of benzene rings is 1. The highest BCUT2D eigenvalue weighted by Crippen LogP contribution is 2.41. The molecule has 1 aromatic carbocycles. The number of nitrogens with one attached hydrogen (secondary N) is 3. The standard InChI is InChI=1S/C20H17N5OS/c1-3-16-21-9-14(25-16)13-5-4-11-12(24-13)6-7-15-17(11)18-19(27-15)20(26)23-10(2)8-22-18/h3-7,9-10,22H,1,8H2,2H3,(H,21,25)(H,23,26)/t10-/m1/s1. The van der Waals surface area contributed by atoms with E-state index in [2.05, 4.69) is 33.2 Å². The Balaban J connectivity index is 1.71. The first-order valence-electron chi connectivity index (χ1n) is 8.73. The van der Waals surface area contributed by atoms with E-state index in [4.69, 9.17) is 4.98 Å². The Morgan fingerprint density at radius 3 is 3.00 bits per heavy atom. The summed E-state index contributed by atoms with van der Waals surface area (Å²) in [5.74, 6) is 0.700. The molecule has 1 aliphatic rings. The Morgan fingerprint density at radius 1 is 1.30 bits per heavy atom. The summed E-state index contributed by atoms with van der Waals surface area (Å²) in [5, 5.41) is 8.57. The van der Waals surface area contributed by atoms with Crippen molar-refractivity contribution >= 4 is 50.0 Å². The molecule has 27 heavy (non-hydrogen) atoms. The minimum atomic E-state index is -0.0177. The highest BCUT2D eigenvalue weighted by Gasteiger charge is 2.24. The summed E-state index contributed by atoms with van der Waals surface area (Å²) in [6.45, 7) is 6.42. The summed E-state index contributed by atoms with van der Waals surface area (Å²) in [6, 6.07) is 8.17. The van der Waals surface area contributed by atoms with Crippen LogP contribution in [-0.4, -0.2) is 33.4 Å². The number of amides is 1. The molecule has 0 radical (unpaired) electrons. The first-order valence-corrected chi connectivity index (χ1v) is 9.54. The van der Waals surface area contributed by atoms with E-state index < -0.39 is 0 Å². The number of pyridine rings is 1. The van der Waals surface area contributed by atoms with Gasteiger partial charge < -0.3 is 15.6 Å². The number of aromatic amines is 1. The molecule has 0 saturated heterocycles. The Bertz CT molecular complexity index is 1220. The minimum absolute atomic E-state index is 0.0177. The van der Waals surface area contributed by atoms with Gasteiger partial charge >= 0.3 is 0 Å². The molecule has 5 rings (SSSR count). The number of thiophene rings is 1. The lowest BCUT2D eigenvalue weighted by atomic mass is 10.1. The Hall–Kier alpha value is -3.19. The van der Waals surface area contributed by atoms with Gasteiger partial charge in [0.15, 0.2) is 0 Å². The second-order valence-electron chi connectivity index (χ2n) is 6.65. The average Bonchev–Trinajstić information content (AvgIpc) is 3.27. The monoisotopic (exact) mass is 375 g/mol. The average molecular weight is 375 g/mol. The summed E-state index contributed by atoms with van der Waals surface area (Å²) < 4.78 is 1.08. The number of rotatable bonds is 2. The van der Waals surface area contributed by atoms with Crippen LogP contribution >= 0.6 is 11.3 Å². The number of aromatic nitrogens is 3. The fourth-order valence-corrected chi connectivity index (χ4v) is 4.54. The zero-order chi connectivity index (χ0) is 18.5. The molecule has 4 heterocycles. The van der Waals surface area contributed by atoms with Crippen molar-refractivity contribution in [3.8, 4) is 11.4 Å². The Labute approximate surface area is 159 Å². The fourth-order valence-electron chi connectivity index (χ4n) is 3.45. The molecule has 0 fully saturated rings. The van der Waals surface area contributed by atoms with Gasteiger partial charge in [0, 0.05) is 28.1 Å². The summed E-state index contributed by atoms with van der Waals surface area (Å²) in [7, 11) is 0. The molecule has 3 aromatic heterocycles. The quantitative estimate of drug-likeness (QED) is 0.494. The predicted octanol–water partition coefficient (Wildman–Crippen LogP) is 4.03. The molecule has 0 unspecified atom stereocenters. The molecule has 4 aromatic rings. The number of nitrogens with zero attached hydrogens (tertiary/aromatic N) is 2. The van der Waals surface area contributed by atoms with E-state index in [-0.39, 0.29) is 11.9 Å². The predicted molar refractivity (Wildman–Crippen MR) is 110 cm³/mol. The number of carbonyl (C=O) groups excluding carboxylic acids is 1. The Morgan fingerprint density at radius 2 is 2.19 bits per heavy atom. The summed E-state index contributed by atoms with van der Waals surface area (Å²) in [6.07, 6.45) is 3.43. The third-order valence-electron chi connectivity index (χ3n) is 4.76. The molecule has 0 saturated carbocycles. The van der Waals surface area contributed by atoms with Crippen molar-refractivity contribution < 1.29 is 4.79 Å². The SMILES string of the molecule is C=Cc1ncc(-c2ccc3c(ccc4sc5c(c43)NC[C@@H](C)NC5=O)n2)[nH]1. The number of carbonyl (C=O) groups is 1. The highest BCUT2D eigenvalue weighted by molar-refractivity contribution is 7.21. The van der Waals surface area contributed by atoms with E-state index in [0.29, 0.717) is 6.54 Å². The van der Waals surface area contributed by atoms with Crippen LogP contribution in [0, 0.1) is 0 Å². The maximum absolute atomic E-state index is 12.5. The van der Waals surface area contributed by atoms with E-state index in [9.17, 15) is 4.79 Å². The summed E-state index contributed by atoms with van der Waals surface area (Å²) in [4.78, 5) is 25.5. The van der Waals surface area contributed by atoms with Crippen molar-refractivity contribution in [3.05, 3.63) is 47.7 Å². The van der Waals surface area contributed by atoms with Crippen LogP contribution in [0.15, 0.2) is 37.0 Å². The van der Waals surface area contributed by atoms with Gasteiger partial charge in [0.1, 0.15) is 10.7 Å². The normalized spacial score (nSPS) is 16.6. The highest BCUT2D eigenvalue weighted by atomic mass is 32.1. The Kier molecular flexibility index (Phi) is 3.51. The molecule has 1 atom stereocenters. The first kappa shape index (κ1) is 16.0. The largest absolute Gasteiger partial charge is 0.381 e. The van der Waals surface area contributed by atoms with Crippen LogP contribution < -0.4 is 10.6 Å². The van der Waals surface area contributed by atoms with E-state index in [0.717, 1.165) is 48.8 Å². The lowest BCUT2D eigenvalue weighted by Gasteiger charge is -2.10. The van der Waals surface area contributed by atoms with Gasteiger partial charge in [0.05, 0.1) is 28.8 Å². The molecule has 1 amide bonds. The smallest absolute Gasteiger partial charge is 0.263 e. The zero-order valence-electron chi connectivity index (χ0n) is 14.7. The van der Waals surface area contributed by atoms with Gasteiger partial charge in [-0.2, -0.15) is 0 Å². The molecule has 7 heteroatoms. The van der Waals surface area contributed by atoms with Crippen LogP contribution in [0.2, 0.25) is 0 Å². The van der Waals surface area contributed by atoms with Gasteiger partial charge in [-0.15, -0.1) is 11.3 Å². The molecule has 0 bridgehead atoms. The fraction of sp³-hybridized carbons (Fsp3) is 0.150. The number of anilines is 1. The molecule has 0 aliphatic carbocycles. The minimum Gasteiger partial charge on any atom is -0.381 e. The van der Waals surface area contributed by atoms with Crippen LogP contribution in [0.5, 0.6) is 0 Å². The molecule has 6 nitrogen and oxygen atoms in total. The van der Waals surface area contributed by atoms with Gasteiger partial charge in [-0.3, -0.25) is 4.79 Å². The molecule has 134 valence electrons. The van der Waals surface area contributed by atoms with Crippen molar-refractivity contribution in [2.24, 2.45) is 0 Å². The van der Waals surface area contributed by atoms with Crippen molar-refractivity contribution in [2.45, 2.75) is 13.0 Å². The lowest BCUT2D eigenvalue weighted by molar-refractivity contribution is 0.0949. The first-order chi connectivity index (χ1) is 13.1. The van der Waals surface area contributed by atoms with E-state index in [1.165, 1.54) is 11.3 Å². The summed E-state index contributed by atoms with van der Waals surface area (Å²) in [5.41, 5.74) is 3.47. The molecule has 0 spiro atoms. The second kappa shape index (κ2) is 5.92. The number of fused-ring (bicyclic) bond motifs is 5. The van der Waals surface area contributed by atoms with Crippen molar-refractivity contribution in [1.82, 2.24) is 20.3 Å². The second-order valence-corrected chi connectivity index (χ2v) is 7.70. The van der Waals surface area contributed by atoms with E-state index in [1.807, 2.05) is 25.1 Å². The zero-order valence-corrected chi connectivity index (χ0v) is 15.5. The number of H-pyrrole nitrogens is 1. The molecular weight excluding hydrogens is 358 g/mol. The van der Waals surface area contributed by atoms with Crippen molar-refractivity contribution in [1.29, 1.82) is 0 Å². The van der Waals surface area contributed by atoms with Gasteiger partial charge in [-0.05, 0) is 37.3 Å². The van der Waals surface area contributed by atoms with Crippen LogP contribution in [0.1, 0.15) is 22.4 Å². The van der Waals surface area contributed by atoms with Crippen LogP contribution in [0.3, 0.4) is 0 Å². The van der Waals surface area contributed by atoms with Crippen LogP contribution in [0.25, 0.3) is 38.5 Å². The van der Waals surface area contributed by atoms with Gasteiger partial charge in [-0.25, -0.2) is 9.97 Å². The van der Waals surface area contributed by atoms with Crippen molar-refractivity contribution in [2.75, 3.05) is 11.9 Å². The lowest BCUT2D eigenvalue weighted by Crippen LogP contribution is -2.34. The maximum Gasteiger partial charge on any atom is 0.263 e. The maximum atomic E-state index is 12.5. The topological polar surface area (TPSA) is 82.7 Å². The van der Waals surface area contributed by atoms with Gasteiger partial charge in [-0.1, -0.05) is 6.58 Å². The van der Waals surface area contributed by atoms with Crippen LogP contribution in [0.4, 0.5) is 5.69 Å². The number of hydrogen-bond acceptors (Lipinski definition) is 5. The third-order valence-corrected chi connectivity index (χ3v) is 5.91. The molecule has 3 N–H and O–H groups in total. The third kappa shape index (κ3) is 2.50. The number of hydrogen-bond donors (Lipinski definition) is 3. The van der Waals surface area contributed by atoms with Crippen LogP contribution in [-0.2, 0) is 0 Å². The van der Waals surface area contributed by atoms with Crippen molar-refractivity contribution in [3.63, 3.8) is 0 Å². The van der Waals surface area contributed by atoms with E-state index >= 15 is 0 Å². The van der Waals surface area contributed by atoms with E-state index in [1.54, 1.807) is 12.3 Å². The van der Waals surface area contributed by atoms with Gasteiger partial charge in [0.2, 0.25) is 0 Å². The number of imidazole rings is 1. The van der Waals surface area contributed by atoms with Gasteiger partial charge in [0.25, 0.3) is 5.91 Å². The molecular formula is C20H17N5OS. The summed E-state index contributed by atoms with van der Waals surface area (Å²) >= 11 is 1.52.